The first-order valence-corrected chi connectivity index (χ1v) is 6.69. The topological polar surface area (TPSA) is 24.9 Å². The van der Waals surface area contributed by atoms with Crippen molar-refractivity contribution >= 4 is 32.4 Å². The monoisotopic (exact) mass is 296 g/mol. The van der Waals surface area contributed by atoms with Crippen LogP contribution in [-0.4, -0.2) is 12.0 Å². The lowest BCUT2D eigenvalue weighted by Gasteiger charge is -2.03. The number of hydrogen-bond donors (Lipinski definition) is 1. The van der Waals surface area contributed by atoms with E-state index in [4.69, 9.17) is 0 Å². The summed E-state index contributed by atoms with van der Waals surface area (Å²) >= 11 is 5.19. The van der Waals surface area contributed by atoms with Crippen LogP contribution in [0.1, 0.15) is 16.8 Å². The van der Waals surface area contributed by atoms with Crippen LogP contribution in [0.25, 0.3) is 0 Å². The maximum absolute atomic E-state index is 4.53. The van der Waals surface area contributed by atoms with Crippen molar-refractivity contribution in [3.05, 3.63) is 44.9 Å². The van der Waals surface area contributed by atoms with Crippen molar-refractivity contribution in [2.75, 3.05) is 12.4 Å². The van der Waals surface area contributed by atoms with Gasteiger partial charge in [0, 0.05) is 13.5 Å². The van der Waals surface area contributed by atoms with Crippen molar-refractivity contribution in [3.8, 4) is 0 Å². The summed E-state index contributed by atoms with van der Waals surface area (Å²) in [6.45, 7) is 2.13. The highest BCUT2D eigenvalue weighted by molar-refractivity contribution is 9.11. The van der Waals surface area contributed by atoms with Crippen LogP contribution in [0.15, 0.2) is 28.1 Å². The fraction of sp³-hybridized carbons (Fsp3) is 0.250. The number of benzene rings is 1. The standard InChI is InChI=1S/C12H13BrN2S/c1-8-5-3-4-6-9(8)7-10-11(13)16-12(14-2)15-10/h3-6H,7H2,1-2H3,(H,14,15). The second kappa shape index (κ2) is 4.97. The first-order chi connectivity index (χ1) is 7.70. The molecule has 1 N–H and O–H groups in total. The lowest BCUT2D eigenvalue weighted by atomic mass is 10.1. The van der Waals surface area contributed by atoms with Crippen LogP contribution in [-0.2, 0) is 6.42 Å². The van der Waals surface area contributed by atoms with Gasteiger partial charge < -0.3 is 5.32 Å². The molecule has 0 radical (unpaired) electrons. The molecule has 1 heterocycles. The molecule has 0 aliphatic heterocycles. The van der Waals surface area contributed by atoms with Gasteiger partial charge in [-0.15, -0.1) is 0 Å². The van der Waals surface area contributed by atoms with E-state index in [0.717, 1.165) is 21.0 Å². The van der Waals surface area contributed by atoms with Gasteiger partial charge in [-0.05, 0) is 34.0 Å². The van der Waals surface area contributed by atoms with Crippen molar-refractivity contribution in [2.45, 2.75) is 13.3 Å². The molecule has 0 spiro atoms. The van der Waals surface area contributed by atoms with Crippen molar-refractivity contribution in [1.82, 2.24) is 4.98 Å². The summed E-state index contributed by atoms with van der Waals surface area (Å²) in [4.78, 5) is 4.53. The molecule has 0 amide bonds. The van der Waals surface area contributed by atoms with E-state index in [-0.39, 0.29) is 0 Å². The lowest BCUT2D eigenvalue weighted by molar-refractivity contribution is 1.08. The fourth-order valence-electron chi connectivity index (χ4n) is 1.54. The minimum absolute atomic E-state index is 0.880. The summed E-state index contributed by atoms with van der Waals surface area (Å²) in [5, 5.41) is 4.02. The maximum atomic E-state index is 4.53. The van der Waals surface area contributed by atoms with E-state index in [9.17, 15) is 0 Å². The van der Waals surface area contributed by atoms with Crippen LogP contribution in [0.2, 0.25) is 0 Å². The molecule has 0 saturated carbocycles. The highest BCUT2D eigenvalue weighted by atomic mass is 79.9. The highest BCUT2D eigenvalue weighted by Crippen LogP contribution is 2.30. The van der Waals surface area contributed by atoms with E-state index < -0.39 is 0 Å². The summed E-state index contributed by atoms with van der Waals surface area (Å²) in [5.74, 6) is 0. The first-order valence-electron chi connectivity index (χ1n) is 5.08. The number of hydrogen-bond acceptors (Lipinski definition) is 3. The van der Waals surface area contributed by atoms with Crippen LogP contribution >= 0.6 is 27.3 Å². The highest BCUT2D eigenvalue weighted by Gasteiger charge is 2.09. The Bertz CT molecular complexity index is 494. The van der Waals surface area contributed by atoms with Gasteiger partial charge in [-0.2, -0.15) is 0 Å². The SMILES string of the molecule is CNc1nc(Cc2ccccc2C)c(Br)s1. The maximum Gasteiger partial charge on any atom is 0.183 e. The molecule has 0 saturated heterocycles. The van der Waals surface area contributed by atoms with E-state index >= 15 is 0 Å². The van der Waals surface area contributed by atoms with Gasteiger partial charge in [-0.1, -0.05) is 35.6 Å². The van der Waals surface area contributed by atoms with Gasteiger partial charge in [-0.3, -0.25) is 0 Å². The molecule has 84 valence electrons. The number of aryl methyl sites for hydroxylation is 1. The Morgan fingerprint density at radius 1 is 1.38 bits per heavy atom. The number of halogens is 1. The van der Waals surface area contributed by atoms with Crippen molar-refractivity contribution in [1.29, 1.82) is 0 Å². The Labute approximate surface area is 108 Å². The van der Waals surface area contributed by atoms with Gasteiger partial charge in [0.2, 0.25) is 0 Å². The molecule has 0 fully saturated rings. The zero-order chi connectivity index (χ0) is 11.5. The Kier molecular flexibility index (Phi) is 3.61. The largest absolute Gasteiger partial charge is 0.365 e. The van der Waals surface area contributed by atoms with Gasteiger partial charge in [0.15, 0.2) is 5.13 Å². The van der Waals surface area contributed by atoms with Crippen LogP contribution < -0.4 is 5.32 Å². The van der Waals surface area contributed by atoms with Crippen LogP contribution in [0.4, 0.5) is 5.13 Å². The Morgan fingerprint density at radius 3 is 2.75 bits per heavy atom. The quantitative estimate of drug-likeness (QED) is 0.931. The second-order valence-electron chi connectivity index (χ2n) is 3.59. The molecule has 4 heteroatoms. The molecule has 0 bridgehead atoms. The van der Waals surface area contributed by atoms with Crippen LogP contribution in [0, 0.1) is 6.92 Å². The average Bonchev–Trinajstić information content (AvgIpc) is 2.63. The number of aromatic nitrogens is 1. The molecule has 2 aromatic rings. The molecule has 0 atom stereocenters. The number of rotatable bonds is 3. The van der Waals surface area contributed by atoms with Gasteiger partial charge in [-0.25, -0.2) is 4.98 Å². The molecule has 1 aromatic carbocycles. The van der Waals surface area contributed by atoms with Crippen LogP contribution in [0.5, 0.6) is 0 Å². The zero-order valence-electron chi connectivity index (χ0n) is 9.25. The Morgan fingerprint density at radius 2 is 2.12 bits per heavy atom. The van der Waals surface area contributed by atoms with E-state index in [1.165, 1.54) is 11.1 Å². The predicted octanol–water partition coefficient (Wildman–Crippen LogP) is 3.85. The number of nitrogens with zero attached hydrogens (tertiary/aromatic N) is 1. The van der Waals surface area contributed by atoms with Gasteiger partial charge in [0.25, 0.3) is 0 Å². The number of thiazole rings is 1. The summed E-state index contributed by atoms with van der Waals surface area (Å²) in [6, 6.07) is 8.42. The van der Waals surface area contributed by atoms with Crippen molar-refractivity contribution in [3.63, 3.8) is 0 Å². The van der Waals surface area contributed by atoms with Gasteiger partial charge >= 0.3 is 0 Å². The summed E-state index contributed by atoms with van der Waals surface area (Å²) in [6.07, 6.45) is 0.880. The fourth-order valence-corrected chi connectivity index (χ4v) is 2.89. The Hall–Kier alpha value is -0.870. The number of anilines is 1. The molecule has 1 aromatic heterocycles. The third-order valence-electron chi connectivity index (χ3n) is 2.48. The van der Waals surface area contributed by atoms with E-state index in [1.807, 2.05) is 7.05 Å². The van der Waals surface area contributed by atoms with E-state index in [0.29, 0.717) is 0 Å². The molecule has 2 rings (SSSR count). The van der Waals surface area contributed by atoms with Crippen molar-refractivity contribution < 1.29 is 0 Å². The molecule has 0 aliphatic rings. The van der Waals surface area contributed by atoms with Gasteiger partial charge in [0.05, 0.1) is 9.48 Å². The summed E-state index contributed by atoms with van der Waals surface area (Å²) in [5.41, 5.74) is 3.74. The third-order valence-corrected chi connectivity index (χ3v) is 4.33. The minimum Gasteiger partial charge on any atom is -0.365 e. The Balaban J connectivity index is 2.27. The molecular formula is C12H13BrN2S. The van der Waals surface area contributed by atoms with Crippen LogP contribution in [0.3, 0.4) is 0 Å². The van der Waals surface area contributed by atoms with E-state index in [2.05, 4.69) is 57.4 Å². The zero-order valence-corrected chi connectivity index (χ0v) is 11.7. The van der Waals surface area contributed by atoms with Gasteiger partial charge in [0.1, 0.15) is 0 Å². The summed E-state index contributed by atoms with van der Waals surface area (Å²) in [7, 11) is 1.89. The first kappa shape index (κ1) is 11.6. The number of nitrogens with one attached hydrogen (secondary N) is 1. The predicted molar refractivity (Wildman–Crippen MR) is 73.3 cm³/mol. The molecule has 16 heavy (non-hydrogen) atoms. The lowest BCUT2D eigenvalue weighted by Crippen LogP contribution is -1.93. The molecule has 2 nitrogen and oxygen atoms in total. The third kappa shape index (κ3) is 2.44. The average molecular weight is 297 g/mol. The molecular weight excluding hydrogens is 284 g/mol. The van der Waals surface area contributed by atoms with E-state index in [1.54, 1.807) is 11.3 Å². The molecule has 0 aliphatic carbocycles. The van der Waals surface area contributed by atoms with Crippen molar-refractivity contribution in [2.24, 2.45) is 0 Å². The second-order valence-corrected chi connectivity index (χ2v) is 5.91. The summed E-state index contributed by atoms with van der Waals surface area (Å²) < 4.78 is 1.11. The smallest absolute Gasteiger partial charge is 0.183 e. The normalized spacial score (nSPS) is 10.4. The minimum atomic E-state index is 0.880. The molecule has 0 unspecified atom stereocenters.